The van der Waals surface area contributed by atoms with Crippen LogP contribution in [0.25, 0.3) is 10.6 Å². The Bertz CT molecular complexity index is 693. The minimum absolute atomic E-state index is 0.118. The highest BCUT2D eigenvalue weighted by atomic mass is 32.1. The van der Waals surface area contributed by atoms with Crippen LogP contribution < -0.4 is 0 Å². The largest absolute Gasteiger partial charge is 0.393 e. The van der Waals surface area contributed by atoms with Gasteiger partial charge in [0, 0.05) is 24.0 Å². The topological polar surface area (TPSA) is 53.4 Å². The van der Waals surface area contributed by atoms with Crippen molar-refractivity contribution in [1.29, 1.82) is 0 Å². The van der Waals surface area contributed by atoms with Crippen LogP contribution in [0.3, 0.4) is 0 Å². The Morgan fingerprint density at radius 2 is 2.09 bits per heavy atom. The van der Waals surface area contributed by atoms with Gasteiger partial charge in [0.1, 0.15) is 16.5 Å². The molecule has 122 valence electrons. The zero-order chi connectivity index (χ0) is 16.4. The number of carbonyl (C=O) groups is 1. The predicted molar refractivity (Wildman–Crippen MR) is 87.8 cm³/mol. The lowest BCUT2D eigenvalue weighted by Crippen LogP contribution is -2.40. The van der Waals surface area contributed by atoms with E-state index in [2.05, 4.69) is 4.98 Å². The third-order valence-corrected chi connectivity index (χ3v) is 5.21. The molecule has 1 aliphatic heterocycles. The van der Waals surface area contributed by atoms with Gasteiger partial charge in [-0.15, -0.1) is 11.3 Å². The molecule has 2 heterocycles. The summed E-state index contributed by atoms with van der Waals surface area (Å²) in [7, 11) is 0. The Balaban J connectivity index is 1.71. The normalized spacial score (nSPS) is 17.3. The second-order valence-corrected chi connectivity index (χ2v) is 6.75. The van der Waals surface area contributed by atoms with Crippen molar-refractivity contribution < 1.29 is 14.3 Å². The van der Waals surface area contributed by atoms with Gasteiger partial charge in [0.15, 0.2) is 0 Å². The van der Waals surface area contributed by atoms with Gasteiger partial charge >= 0.3 is 0 Å². The molecule has 0 saturated carbocycles. The molecular weight excluding hydrogens is 315 g/mol. The molecular formula is C17H19FN2O2S. The van der Waals surface area contributed by atoms with Crippen LogP contribution >= 0.6 is 11.3 Å². The summed E-state index contributed by atoms with van der Waals surface area (Å²) in [6, 6.07) is 6.43. The van der Waals surface area contributed by atoms with Crippen molar-refractivity contribution in [2.24, 2.45) is 5.92 Å². The van der Waals surface area contributed by atoms with Crippen molar-refractivity contribution >= 4 is 17.2 Å². The summed E-state index contributed by atoms with van der Waals surface area (Å²) in [5, 5.41) is 11.8. The van der Waals surface area contributed by atoms with Crippen molar-refractivity contribution in [2.75, 3.05) is 13.1 Å². The molecule has 23 heavy (non-hydrogen) atoms. The second-order valence-electron chi connectivity index (χ2n) is 5.89. The average molecular weight is 334 g/mol. The zero-order valence-electron chi connectivity index (χ0n) is 12.9. The molecule has 1 aliphatic rings. The lowest BCUT2D eigenvalue weighted by Gasteiger charge is -2.32. The number of thiazole rings is 1. The molecule has 1 N–H and O–H groups in total. The summed E-state index contributed by atoms with van der Waals surface area (Å²) < 4.78 is 13.8. The van der Waals surface area contributed by atoms with Gasteiger partial charge in [-0.3, -0.25) is 4.79 Å². The molecule has 2 aromatic rings. The number of hydrogen-bond acceptors (Lipinski definition) is 4. The average Bonchev–Trinajstić information content (AvgIpc) is 3.04. The van der Waals surface area contributed by atoms with Crippen LogP contribution in [0, 0.1) is 11.7 Å². The first-order chi connectivity index (χ1) is 11.1. The number of piperidine rings is 1. The maximum atomic E-state index is 13.8. The third kappa shape index (κ3) is 3.43. The third-order valence-electron chi connectivity index (χ3n) is 4.34. The van der Waals surface area contributed by atoms with E-state index in [9.17, 15) is 14.3 Å². The summed E-state index contributed by atoms with van der Waals surface area (Å²) in [4.78, 5) is 18.6. The molecule has 0 aliphatic carbocycles. The van der Waals surface area contributed by atoms with Crippen molar-refractivity contribution in [3.8, 4) is 10.6 Å². The van der Waals surface area contributed by atoms with Crippen LogP contribution in [0.5, 0.6) is 0 Å². The minimum atomic E-state index is -0.335. The van der Waals surface area contributed by atoms with Gasteiger partial charge in [-0.1, -0.05) is 12.1 Å². The maximum absolute atomic E-state index is 13.8. The van der Waals surface area contributed by atoms with Gasteiger partial charge < -0.3 is 10.0 Å². The lowest BCUT2D eigenvalue weighted by molar-refractivity contribution is 0.0518. The number of aromatic nitrogens is 1. The number of aliphatic hydroxyl groups excluding tert-OH is 1. The highest BCUT2D eigenvalue weighted by Crippen LogP contribution is 2.27. The number of hydrogen-bond donors (Lipinski definition) is 1. The van der Waals surface area contributed by atoms with Crippen LogP contribution in [0.15, 0.2) is 29.6 Å². The fourth-order valence-corrected chi connectivity index (χ4v) is 3.70. The van der Waals surface area contributed by atoms with Gasteiger partial charge in [-0.05, 0) is 37.8 Å². The second kappa shape index (κ2) is 6.76. The Labute approximate surface area is 138 Å². The molecule has 3 rings (SSSR count). The zero-order valence-corrected chi connectivity index (χ0v) is 13.7. The number of aliphatic hydroxyl groups is 1. The van der Waals surface area contributed by atoms with E-state index in [1.165, 1.54) is 17.4 Å². The Hall–Kier alpha value is -1.79. The number of likely N-dealkylation sites (tertiary alicyclic amines) is 1. The molecule has 1 saturated heterocycles. The predicted octanol–water partition coefficient (Wildman–Crippen LogP) is 3.18. The van der Waals surface area contributed by atoms with E-state index in [0.29, 0.717) is 29.4 Å². The summed E-state index contributed by atoms with van der Waals surface area (Å²) in [5.74, 6) is -0.199. The van der Waals surface area contributed by atoms with Crippen molar-refractivity contribution in [1.82, 2.24) is 9.88 Å². The SMILES string of the molecule is CC(O)C1CCN(C(=O)c2csc(-c3ccccc3F)n2)CC1. The summed E-state index contributed by atoms with van der Waals surface area (Å²) in [5.41, 5.74) is 0.785. The molecule has 1 aromatic heterocycles. The van der Waals surface area contributed by atoms with Crippen molar-refractivity contribution in [3.05, 3.63) is 41.2 Å². The molecule has 0 bridgehead atoms. The molecule has 1 fully saturated rings. The molecule has 1 amide bonds. The first kappa shape index (κ1) is 16.1. The molecule has 0 radical (unpaired) electrons. The van der Waals surface area contributed by atoms with Gasteiger partial charge in [0.05, 0.1) is 6.10 Å². The lowest BCUT2D eigenvalue weighted by atomic mass is 9.92. The van der Waals surface area contributed by atoms with E-state index >= 15 is 0 Å². The number of halogens is 1. The summed E-state index contributed by atoms with van der Waals surface area (Å²) in [6.45, 7) is 3.05. The first-order valence-corrected chi connectivity index (χ1v) is 8.62. The number of amides is 1. The van der Waals surface area contributed by atoms with Crippen LogP contribution in [-0.4, -0.2) is 40.1 Å². The van der Waals surface area contributed by atoms with Crippen molar-refractivity contribution in [2.45, 2.75) is 25.9 Å². The Morgan fingerprint density at radius 3 is 2.74 bits per heavy atom. The molecule has 1 unspecified atom stereocenters. The number of benzene rings is 1. The van der Waals surface area contributed by atoms with E-state index in [1.54, 1.807) is 35.4 Å². The Morgan fingerprint density at radius 1 is 1.39 bits per heavy atom. The van der Waals surface area contributed by atoms with Crippen LogP contribution in [0.4, 0.5) is 4.39 Å². The quantitative estimate of drug-likeness (QED) is 0.938. The fourth-order valence-electron chi connectivity index (χ4n) is 2.88. The summed E-state index contributed by atoms with van der Waals surface area (Å²) in [6.07, 6.45) is 1.26. The van der Waals surface area contributed by atoms with E-state index in [-0.39, 0.29) is 23.7 Å². The highest BCUT2D eigenvalue weighted by Gasteiger charge is 2.27. The number of nitrogens with zero attached hydrogens (tertiary/aromatic N) is 2. The molecule has 0 spiro atoms. The van der Waals surface area contributed by atoms with E-state index in [4.69, 9.17) is 0 Å². The molecule has 1 atom stereocenters. The van der Waals surface area contributed by atoms with Crippen LogP contribution in [0.2, 0.25) is 0 Å². The fraction of sp³-hybridized carbons (Fsp3) is 0.412. The van der Waals surface area contributed by atoms with E-state index < -0.39 is 0 Å². The van der Waals surface area contributed by atoms with Crippen LogP contribution in [-0.2, 0) is 0 Å². The maximum Gasteiger partial charge on any atom is 0.273 e. The van der Waals surface area contributed by atoms with E-state index in [1.807, 2.05) is 0 Å². The van der Waals surface area contributed by atoms with Gasteiger partial charge in [0.2, 0.25) is 0 Å². The first-order valence-electron chi connectivity index (χ1n) is 7.74. The van der Waals surface area contributed by atoms with Gasteiger partial charge in [0.25, 0.3) is 5.91 Å². The molecule has 6 heteroatoms. The smallest absolute Gasteiger partial charge is 0.273 e. The number of rotatable bonds is 3. The monoisotopic (exact) mass is 334 g/mol. The Kier molecular flexibility index (Phi) is 4.73. The van der Waals surface area contributed by atoms with Crippen LogP contribution in [0.1, 0.15) is 30.3 Å². The molecule has 1 aromatic carbocycles. The molecule has 4 nitrogen and oxygen atoms in total. The van der Waals surface area contributed by atoms with Gasteiger partial charge in [-0.2, -0.15) is 0 Å². The van der Waals surface area contributed by atoms with E-state index in [0.717, 1.165) is 12.8 Å². The number of carbonyl (C=O) groups excluding carboxylic acids is 1. The highest BCUT2D eigenvalue weighted by molar-refractivity contribution is 7.13. The minimum Gasteiger partial charge on any atom is -0.393 e. The van der Waals surface area contributed by atoms with Crippen molar-refractivity contribution in [3.63, 3.8) is 0 Å². The standard InChI is InChI=1S/C17H19FN2O2S/c1-11(21)12-6-8-20(9-7-12)17(22)15-10-23-16(19-15)13-4-2-3-5-14(13)18/h2-5,10-12,21H,6-9H2,1H3. The van der Waals surface area contributed by atoms with Gasteiger partial charge in [-0.25, -0.2) is 9.37 Å². The summed E-state index contributed by atoms with van der Waals surface area (Å²) >= 11 is 1.28.